The van der Waals surface area contributed by atoms with Gasteiger partial charge in [-0.25, -0.2) is 0 Å². The molecule has 2 amide bonds. The van der Waals surface area contributed by atoms with Crippen molar-refractivity contribution in [2.24, 2.45) is 0 Å². The average molecular weight is 420 g/mol. The molecule has 0 saturated carbocycles. The number of carbonyl (C=O) groups is 2. The molecule has 0 bridgehead atoms. The minimum atomic E-state index is -0.209. The number of anilines is 1. The maximum Gasteiger partial charge on any atom is 0.294 e. The number of rotatable bonds is 9. The number of furan rings is 1. The molecule has 0 aliphatic heterocycles. The molecule has 0 radical (unpaired) electrons. The lowest BCUT2D eigenvalue weighted by Gasteiger charge is -2.22. The van der Waals surface area contributed by atoms with Crippen molar-refractivity contribution in [2.45, 2.75) is 19.9 Å². The molecule has 0 spiro atoms. The average Bonchev–Trinajstić information content (AvgIpc) is 3.28. The van der Waals surface area contributed by atoms with Gasteiger partial charge in [0.25, 0.3) is 5.91 Å². The standard InChI is InChI=1S/C25H29N3O3/c1-19-6-8-21(9-7-19)18-28(25(30)23-5-4-16-31-23)22-12-10-20(11-13-22)17-24(29)26-14-15-27(2)3/h4-13,16H,14-15,17-18H2,1-3H3,(H,26,29). The summed E-state index contributed by atoms with van der Waals surface area (Å²) >= 11 is 0. The molecular formula is C25H29N3O3. The zero-order valence-electron chi connectivity index (χ0n) is 18.3. The number of nitrogens with one attached hydrogen (secondary N) is 1. The molecule has 162 valence electrons. The molecule has 0 atom stereocenters. The van der Waals surface area contributed by atoms with Gasteiger partial charge in [0.2, 0.25) is 5.91 Å². The predicted molar refractivity (Wildman–Crippen MR) is 122 cm³/mol. The highest BCUT2D eigenvalue weighted by Crippen LogP contribution is 2.22. The van der Waals surface area contributed by atoms with Gasteiger partial charge >= 0.3 is 0 Å². The van der Waals surface area contributed by atoms with E-state index in [1.807, 2.05) is 74.4 Å². The lowest BCUT2D eigenvalue weighted by atomic mass is 10.1. The molecule has 0 unspecified atom stereocenters. The Hall–Kier alpha value is -3.38. The maximum absolute atomic E-state index is 13.1. The van der Waals surface area contributed by atoms with Crippen molar-refractivity contribution in [3.8, 4) is 0 Å². The lowest BCUT2D eigenvalue weighted by molar-refractivity contribution is -0.120. The number of likely N-dealkylation sites (N-methyl/N-ethyl adjacent to an activating group) is 1. The molecule has 3 rings (SSSR count). The largest absolute Gasteiger partial charge is 0.459 e. The van der Waals surface area contributed by atoms with Crippen LogP contribution in [0, 0.1) is 6.92 Å². The van der Waals surface area contributed by atoms with E-state index >= 15 is 0 Å². The van der Waals surface area contributed by atoms with E-state index in [1.54, 1.807) is 17.0 Å². The third-order valence-electron chi connectivity index (χ3n) is 4.93. The fourth-order valence-electron chi connectivity index (χ4n) is 3.15. The molecule has 3 aromatic rings. The molecule has 1 N–H and O–H groups in total. The van der Waals surface area contributed by atoms with Crippen LogP contribution in [0.25, 0.3) is 0 Å². The highest BCUT2D eigenvalue weighted by Gasteiger charge is 2.20. The molecule has 0 saturated heterocycles. The first kappa shape index (κ1) is 22.3. The summed E-state index contributed by atoms with van der Waals surface area (Å²) < 4.78 is 5.34. The van der Waals surface area contributed by atoms with Crippen molar-refractivity contribution in [3.05, 3.63) is 89.4 Å². The van der Waals surface area contributed by atoms with Crippen molar-refractivity contribution >= 4 is 17.5 Å². The Morgan fingerprint density at radius 1 is 0.935 bits per heavy atom. The summed E-state index contributed by atoms with van der Waals surface area (Å²) in [6.07, 6.45) is 1.80. The second-order valence-electron chi connectivity index (χ2n) is 7.85. The summed E-state index contributed by atoms with van der Waals surface area (Å²) in [6, 6.07) is 19.0. The predicted octanol–water partition coefficient (Wildman–Crippen LogP) is 3.66. The Balaban J connectivity index is 1.73. The van der Waals surface area contributed by atoms with Crippen LogP contribution in [0.4, 0.5) is 5.69 Å². The Kier molecular flexibility index (Phi) is 7.62. The molecular weight excluding hydrogens is 390 g/mol. The van der Waals surface area contributed by atoms with Crippen LogP contribution in [0.2, 0.25) is 0 Å². The summed E-state index contributed by atoms with van der Waals surface area (Å²) in [5.41, 5.74) is 3.83. The molecule has 2 aromatic carbocycles. The van der Waals surface area contributed by atoms with E-state index < -0.39 is 0 Å². The van der Waals surface area contributed by atoms with Crippen molar-refractivity contribution in [1.29, 1.82) is 0 Å². The second-order valence-corrected chi connectivity index (χ2v) is 7.85. The zero-order valence-corrected chi connectivity index (χ0v) is 18.3. The molecule has 6 heteroatoms. The van der Waals surface area contributed by atoms with E-state index in [0.29, 0.717) is 19.5 Å². The number of carbonyl (C=O) groups excluding carboxylic acids is 2. The van der Waals surface area contributed by atoms with E-state index in [1.165, 1.54) is 11.8 Å². The van der Waals surface area contributed by atoms with E-state index in [4.69, 9.17) is 4.42 Å². The van der Waals surface area contributed by atoms with Crippen LogP contribution >= 0.6 is 0 Å². The van der Waals surface area contributed by atoms with Gasteiger partial charge in [-0.15, -0.1) is 0 Å². The summed E-state index contributed by atoms with van der Waals surface area (Å²) in [6.45, 7) is 3.87. The summed E-state index contributed by atoms with van der Waals surface area (Å²) in [7, 11) is 3.94. The lowest BCUT2D eigenvalue weighted by Crippen LogP contribution is -2.32. The van der Waals surface area contributed by atoms with E-state index in [-0.39, 0.29) is 17.6 Å². The number of aryl methyl sites for hydroxylation is 1. The quantitative estimate of drug-likeness (QED) is 0.575. The molecule has 31 heavy (non-hydrogen) atoms. The Labute approximate surface area is 183 Å². The van der Waals surface area contributed by atoms with Crippen molar-refractivity contribution < 1.29 is 14.0 Å². The normalized spacial score (nSPS) is 10.8. The van der Waals surface area contributed by atoms with Crippen molar-refractivity contribution in [1.82, 2.24) is 10.2 Å². The van der Waals surface area contributed by atoms with Gasteiger partial charge in [-0.05, 0) is 56.4 Å². The van der Waals surface area contributed by atoms with Crippen molar-refractivity contribution in [2.75, 3.05) is 32.1 Å². The van der Waals surface area contributed by atoms with Crippen LogP contribution in [0.1, 0.15) is 27.2 Å². The van der Waals surface area contributed by atoms with Gasteiger partial charge in [0.1, 0.15) is 0 Å². The third kappa shape index (κ3) is 6.55. The van der Waals surface area contributed by atoms with Crippen molar-refractivity contribution in [3.63, 3.8) is 0 Å². The van der Waals surface area contributed by atoms with Crippen LogP contribution in [0.3, 0.4) is 0 Å². The van der Waals surface area contributed by atoms with E-state index in [9.17, 15) is 9.59 Å². The molecule has 0 aliphatic carbocycles. The summed E-state index contributed by atoms with van der Waals surface area (Å²) in [4.78, 5) is 28.9. The van der Waals surface area contributed by atoms with Crippen LogP contribution < -0.4 is 10.2 Å². The number of hydrogen-bond donors (Lipinski definition) is 1. The number of nitrogens with zero attached hydrogens (tertiary/aromatic N) is 2. The minimum Gasteiger partial charge on any atom is -0.459 e. The molecule has 0 fully saturated rings. The molecule has 1 aromatic heterocycles. The number of benzene rings is 2. The van der Waals surface area contributed by atoms with Gasteiger partial charge in [-0.1, -0.05) is 42.0 Å². The maximum atomic E-state index is 13.1. The minimum absolute atomic E-state index is 0.0160. The number of hydrogen-bond acceptors (Lipinski definition) is 4. The van der Waals surface area contributed by atoms with Crippen LogP contribution in [-0.2, 0) is 17.8 Å². The molecule has 6 nitrogen and oxygen atoms in total. The SMILES string of the molecule is Cc1ccc(CN(C(=O)c2ccco2)c2ccc(CC(=O)NCCN(C)C)cc2)cc1. The highest BCUT2D eigenvalue weighted by atomic mass is 16.3. The Morgan fingerprint density at radius 3 is 2.23 bits per heavy atom. The highest BCUT2D eigenvalue weighted by molar-refractivity contribution is 6.04. The Morgan fingerprint density at radius 2 is 1.61 bits per heavy atom. The van der Waals surface area contributed by atoms with Gasteiger partial charge in [-0.2, -0.15) is 0 Å². The first-order valence-electron chi connectivity index (χ1n) is 10.3. The van der Waals surface area contributed by atoms with Gasteiger partial charge in [0, 0.05) is 18.8 Å². The first-order valence-corrected chi connectivity index (χ1v) is 10.3. The number of amides is 2. The smallest absolute Gasteiger partial charge is 0.294 e. The van der Waals surface area contributed by atoms with Crippen LogP contribution in [0.15, 0.2) is 71.3 Å². The van der Waals surface area contributed by atoms with Gasteiger partial charge in [-0.3, -0.25) is 9.59 Å². The van der Waals surface area contributed by atoms with Crippen LogP contribution in [0.5, 0.6) is 0 Å². The fourth-order valence-corrected chi connectivity index (χ4v) is 3.15. The van der Waals surface area contributed by atoms with Gasteiger partial charge < -0.3 is 19.5 Å². The summed E-state index contributed by atoms with van der Waals surface area (Å²) in [5, 5.41) is 2.92. The molecule has 0 aliphatic rings. The van der Waals surface area contributed by atoms with Gasteiger partial charge in [0.15, 0.2) is 5.76 Å². The summed E-state index contributed by atoms with van der Waals surface area (Å²) in [5.74, 6) is 0.0639. The third-order valence-corrected chi connectivity index (χ3v) is 4.93. The second kappa shape index (κ2) is 10.6. The first-order chi connectivity index (χ1) is 14.9. The topological polar surface area (TPSA) is 65.8 Å². The van der Waals surface area contributed by atoms with Crippen LogP contribution in [-0.4, -0.2) is 43.9 Å². The fraction of sp³-hybridized carbons (Fsp3) is 0.280. The van der Waals surface area contributed by atoms with E-state index in [0.717, 1.165) is 23.4 Å². The van der Waals surface area contributed by atoms with Gasteiger partial charge in [0.05, 0.1) is 19.2 Å². The monoisotopic (exact) mass is 419 g/mol. The zero-order chi connectivity index (χ0) is 22.2. The van der Waals surface area contributed by atoms with E-state index in [2.05, 4.69) is 5.32 Å². The Bertz CT molecular complexity index is 978. The molecule has 1 heterocycles.